The Morgan fingerprint density at radius 1 is 1.04 bits per heavy atom. The van der Waals surface area contributed by atoms with E-state index in [0.717, 1.165) is 40.2 Å². The molecule has 0 aliphatic carbocycles. The summed E-state index contributed by atoms with van der Waals surface area (Å²) in [5.41, 5.74) is 4.32. The van der Waals surface area contributed by atoms with E-state index in [9.17, 15) is 0 Å². The van der Waals surface area contributed by atoms with Crippen molar-refractivity contribution in [1.29, 1.82) is 0 Å². The number of anilines is 1. The van der Waals surface area contributed by atoms with Crippen LogP contribution >= 0.6 is 0 Å². The lowest BCUT2D eigenvalue weighted by atomic mass is 10.1. The minimum Gasteiger partial charge on any atom is -1.00 e. The second-order valence-corrected chi connectivity index (χ2v) is 5.89. The summed E-state index contributed by atoms with van der Waals surface area (Å²) < 4.78 is 5.62. The van der Waals surface area contributed by atoms with E-state index in [2.05, 4.69) is 38.8 Å². The zero-order chi connectivity index (χ0) is 16.5. The molecule has 0 saturated carbocycles. The highest BCUT2D eigenvalue weighted by Crippen LogP contribution is 2.28. The van der Waals surface area contributed by atoms with Crippen molar-refractivity contribution in [2.45, 2.75) is 20.4 Å². The number of quaternary nitrogens is 1. The van der Waals surface area contributed by atoms with Crippen LogP contribution in [0, 0.1) is 13.8 Å². The summed E-state index contributed by atoms with van der Waals surface area (Å²) in [6.45, 7) is 4.46. The van der Waals surface area contributed by atoms with Crippen molar-refractivity contribution in [2.24, 2.45) is 0 Å². The van der Waals surface area contributed by atoms with Gasteiger partial charge in [0.05, 0.1) is 6.54 Å². The molecule has 0 amide bonds. The summed E-state index contributed by atoms with van der Waals surface area (Å²) in [5.74, 6) is 3.40. The lowest BCUT2D eigenvalue weighted by molar-refractivity contribution is -0.464. The molecule has 5 nitrogen and oxygen atoms in total. The second kappa shape index (κ2) is 7.09. The number of benzene rings is 1. The first-order valence-corrected chi connectivity index (χ1v) is 7.99. The average Bonchev–Trinajstić information content (AvgIpc) is 3.19. The van der Waals surface area contributed by atoms with Gasteiger partial charge >= 0.3 is 0 Å². The Labute approximate surface area is 152 Å². The number of aryl methyl sites for hydroxylation is 2. The van der Waals surface area contributed by atoms with Crippen molar-refractivity contribution in [3.63, 3.8) is 0 Å². The van der Waals surface area contributed by atoms with Crippen LogP contribution in [0.5, 0.6) is 0 Å². The molecule has 0 spiro atoms. The van der Waals surface area contributed by atoms with Crippen LogP contribution in [0.3, 0.4) is 0 Å². The quantitative estimate of drug-likeness (QED) is 0.692. The number of hydrogen-bond donors (Lipinski definition) is 2. The van der Waals surface area contributed by atoms with Crippen molar-refractivity contribution in [2.75, 3.05) is 5.32 Å². The predicted octanol–water partition coefficient (Wildman–Crippen LogP) is 0.00914. The number of fused-ring (bicyclic) bond motifs is 1. The summed E-state index contributed by atoms with van der Waals surface area (Å²) >= 11 is 0. The van der Waals surface area contributed by atoms with Gasteiger partial charge in [-0.1, -0.05) is 18.2 Å². The second-order valence-electron chi connectivity index (χ2n) is 5.89. The highest BCUT2D eigenvalue weighted by Gasteiger charge is 2.25. The largest absolute Gasteiger partial charge is 1.00 e. The van der Waals surface area contributed by atoms with Gasteiger partial charge in [-0.05, 0) is 38.1 Å². The fourth-order valence-electron chi connectivity index (χ4n) is 2.88. The summed E-state index contributed by atoms with van der Waals surface area (Å²) in [6, 6.07) is 14.3. The number of rotatable bonds is 4. The smallest absolute Gasteiger partial charge is 0.203 e. The zero-order valence-electron chi connectivity index (χ0n) is 14.1. The monoisotopic (exact) mass is 354 g/mol. The molecule has 3 N–H and O–H groups in total. The zero-order valence-corrected chi connectivity index (χ0v) is 14.8. The maximum atomic E-state index is 5.62. The molecular weight excluding hydrogens is 336 g/mol. The van der Waals surface area contributed by atoms with E-state index in [1.54, 1.807) is 0 Å². The van der Waals surface area contributed by atoms with Gasteiger partial charge in [-0.3, -0.25) is 5.32 Å². The molecule has 0 atom stereocenters. The van der Waals surface area contributed by atoms with E-state index in [1.165, 1.54) is 5.56 Å². The summed E-state index contributed by atoms with van der Waals surface area (Å²) in [5, 5.41) is 5.52. The minimum atomic E-state index is 0. The van der Waals surface area contributed by atoms with E-state index < -0.39 is 0 Å². The van der Waals surface area contributed by atoms with Gasteiger partial charge in [0.1, 0.15) is 28.7 Å². The first-order valence-electron chi connectivity index (χ1n) is 7.99. The molecule has 0 unspecified atom stereocenters. The van der Waals surface area contributed by atoms with Crippen molar-refractivity contribution < 1.29 is 22.1 Å². The fourth-order valence-corrected chi connectivity index (χ4v) is 2.88. The number of aromatic nitrogens is 2. The third-order valence-corrected chi connectivity index (χ3v) is 4.01. The third-order valence-electron chi connectivity index (χ3n) is 4.01. The van der Waals surface area contributed by atoms with Crippen LogP contribution in [0.25, 0.3) is 11.8 Å². The summed E-state index contributed by atoms with van der Waals surface area (Å²) in [7, 11) is 0. The number of hydrogen-bond acceptors (Lipinski definition) is 4. The molecule has 0 saturated heterocycles. The SMILES string of the molecule is Cc1nc2c(c(NCc3ccc(C)o3)n1)[NH2+]C(c1ccccc1)=C2.[Cl-]. The Morgan fingerprint density at radius 2 is 1.84 bits per heavy atom. The van der Waals surface area contributed by atoms with E-state index in [1.807, 2.05) is 44.2 Å². The van der Waals surface area contributed by atoms with Gasteiger partial charge in [-0.15, -0.1) is 0 Å². The molecule has 3 heterocycles. The van der Waals surface area contributed by atoms with E-state index in [4.69, 9.17) is 4.42 Å². The molecular formula is C19H19ClN4O. The molecule has 0 fully saturated rings. The first kappa shape index (κ1) is 17.2. The highest BCUT2D eigenvalue weighted by molar-refractivity contribution is 5.85. The topological polar surface area (TPSA) is 67.6 Å². The van der Waals surface area contributed by atoms with Gasteiger partial charge in [0.2, 0.25) is 5.69 Å². The van der Waals surface area contributed by atoms with Gasteiger partial charge in [-0.2, -0.15) is 0 Å². The molecule has 4 rings (SSSR count). The third kappa shape index (κ3) is 3.57. The molecule has 6 heteroatoms. The molecule has 1 aliphatic heterocycles. The van der Waals surface area contributed by atoms with Crippen molar-refractivity contribution in [1.82, 2.24) is 9.97 Å². The Hall–Kier alpha value is -2.63. The van der Waals surface area contributed by atoms with Gasteiger partial charge in [-0.25, -0.2) is 9.97 Å². The number of nitrogens with two attached hydrogens (primary N) is 1. The van der Waals surface area contributed by atoms with Crippen LogP contribution in [0.1, 0.15) is 28.6 Å². The molecule has 0 radical (unpaired) electrons. The molecule has 1 aliphatic rings. The summed E-state index contributed by atoms with van der Waals surface area (Å²) in [6.07, 6.45) is 2.11. The molecule has 25 heavy (non-hydrogen) atoms. The fraction of sp³-hybridized carbons (Fsp3) is 0.158. The molecule has 128 valence electrons. The molecule has 3 aromatic rings. The molecule has 0 bridgehead atoms. The maximum absolute atomic E-state index is 5.62. The van der Waals surface area contributed by atoms with Crippen LogP contribution in [-0.2, 0) is 6.54 Å². The van der Waals surface area contributed by atoms with Crippen molar-refractivity contribution in [3.8, 4) is 0 Å². The van der Waals surface area contributed by atoms with E-state index >= 15 is 0 Å². The summed E-state index contributed by atoms with van der Waals surface area (Å²) in [4.78, 5) is 9.13. The van der Waals surface area contributed by atoms with Crippen LogP contribution in [0.4, 0.5) is 11.5 Å². The average molecular weight is 355 g/mol. The number of halogens is 1. The van der Waals surface area contributed by atoms with Crippen molar-refractivity contribution in [3.05, 3.63) is 71.1 Å². The molecule has 2 aromatic heterocycles. The minimum absolute atomic E-state index is 0. The van der Waals surface area contributed by atoms with Gasteiger partial charge < -0.3 is 22.1 Å². The first-order chi connectivity index (χ1) is 11.7. The Balaban J connectivity index is 0.00000182. The maximum Gasteiger partial charge on any atom is 0.203 e. The van der Waals surface area contributed by atoms with Crippen molar-refractivity contribution >= 4 is 23.3 Å². The normalized spacial score (nSPS) is 12.3. The van der Waals surface area contributed by atoms with Gasteiger partial charge in [0, 0.05) is 11.6 Å². The number of nitrogens with one attached hydrogen (secondary N) is 1. The van der Waals surface area contributed by atoms with Crippen LogP contribution in [0.2, 0.25) is 0 Å². The van der Waals surface area contributed by atoms with E-state index in [-0.39, 0.29) is 12.4 Å². The Kier molecular flexibility index (Phi) is 4.88. The van der Waals surface area contributed by atoms with Crippen LogP contribution in [-0.4, -0.2) is 9.97 Å². The predicted molar refractivity (Wildman–Crippen MR) is 93.4 cm³/mol. The van der Waals surface area contributed by atoms with Crippen LogP contribution < -0.4 is 23.0 Å². The van der Waals surface area contributed by atoms with Gasteiger partial charge in [0.25, 0.3) is 0 Å². The Bertz CT molecular complexity index is 918. The van der Waals surface area contributed by atoms with E-state index in [0.29, 0.717) is 6.54 Å². The Morgan fingerprint density at radius 3 is 2.56 bits per heavy atom. The standard InChI is InChI=1S/C19H18N4O.ClH/c1-12-8-9-15(24-12)11-20-19-18-17(21-13(2)22-19)10-16(23-18)14-6-4-3-5-7-14;/h3-10,23H,11H2,1-2H3,(H,20,21,22);1H. The lowest BCUT2D eigenvalue weighted by Crippen LogP contribution is -3.00. The van der Waals surface area contributed by atoms with Gasteiger partial charge in [0.15, 0.2) is 5.82 Å². The van der Waals surface area contributed by atoms with Crippen LogP contribution in [0.15, 0.2) is 46.9 Å². The highest BCUT2D eigenvalue weighted by atomic mass is 35.5. The number of furan rings is 1. The number of nitrogens with zero attached hydrogens (tertiary/aromatic N) is 2. The molecule has 1 aromatic carbocycles. The lowest BCUT2D eigenvalue weighted by Gasteiger charge is -2.08.